The van der Waals surface area contributed by atoms with Gasteiger partial charge in [0.25, 0.3) is 0 Å². The van der Waals surface area contributed by atoms with Crippen LogP contribution in [0.2, 0.25) is 0 Å². The molecule has 0 N–H and O–H groups in total. The highest BCUT2D eigenvalue weighted by Gasteiger charge is 2.17. The van der Waals surface area contributed by atoms with Crippen LogP contribution in [0.3, 0.4) is 0 Å². The summed E-state index contributed by atoms with van der Waals surface area (Å²) in [4.78, 5) is 0. The molecule has 0 atom stereocenters. The summed E-state index contributed by atoms with van der Waals surface area (Å²) in [5, 5.41) is 0. The van der Waals surface area contributed by atoms with Crippen LogP contribution in [0.1, 0.15) is 37.2 Å². The van der Waals surface area contributed by atoms with E-state index < -0.39 is 0 Å². The van der Waals surface area contributed by atoms with Gasteiger partial charge in [0.2, 0.25) is 0 Å². The molecule has 1 aliphatic carbocycles. The average Bonchev–Trinajstić information content (AvgIpc) is 2.59. The second-order valence-corrected chi connectivity index (χ2v) is 2.96. The van der Waals surface area contributed by atoms with Crippen LogP contribution in [-0.2, 0) is 0 Å². The normalized spacial score (nSPS) is 20.0. The summed E-state index contributed by atoms with van der Waals surface area (Å²) in [6.45, 7) is 0. The molecule has 0 bridgehead atoms. The molecule has 0 unspecified atom stereocenters. The van der Waals surface area contributed by atoms with Crippen LogP contribution in [0.25, 0.3) is 0 Å². The van der Waals surface area contributed by atoms with Gasteiger partial charge in [0.1, 0.15) is 0 Å². The van der Waals surface area contributed by atoms with Gasteiger partial charge < -0.3 is 4.42 Å². The van der Waals surface area contributed by atoms with E-state index >= 15 is 0 Å². The largest absolute Gasteiger partial charge is 0.461 e. The zero-order valence-electron chi connectivity index (χ0n) is 5.97. The fraction of sp³-hybridized carbons (Fsp3) is 0.556. The molecule has 1 aromatic rings. The minimum absolute atomic E-state index is 0.749. The Morgan fingerprint density at radius 3 is 2.80 bits per heavy atom. The molecule has 2 rings (SSSR count). The van der Waals surface area contributed by atoms with Crippen LogP contribution in [-0.4, -0.2) is 0 Å². The third kappa shape index (κ3) is 0.962. The summed E-state index contributed by atoms with van der Waals surface area (Å²) in [7, 11) is 0. The van der Waals surface area contributed by atoms with E-state index in [0.29, 0.717) is 0 Å². The Hall–Kier alpha value is -0.720. The highest BCUT2D eigenvalue weighted by molar-refractivity contribution is 5.12. The first kappa shape index (κ1) is 6.02. The van der Waals surface area contributed by atoms with Crippen LogP contribution >= 0.6 is 0 Å². The Morgan fingerprint density at radius 2 is 2.20 bits per heavy atom. The molecule has 1 radical (unpaired) electrons. The SMILES string of the molecule is [c]1occc1C1CCCC1. The molecule has 1 fully saturated rings. The van der Waals surface area contributed by atoms with E-state index in [1.165, 1.54) is 31.2 Å². The number of hydrogen-bond donors (Lipinski definition) is 0. The van der Waals surface area contributed by atoms with E-state index in [2.05, 4.69) is 6.26 Å². The Kier molecular flexibility index (Phi) is 1.50. The van der Waals surface area contributed by atoms with Crippen molar-refractivity contribution in [2.24, 2.45) is 0 Å². The monoisotopic (exact) mass is 135 g/mol. The predicted molar refractivity (Wildman–Crippen MR) is 38.8 cm³/mol. The summed E-state index contributed by atoms with van der Waals surface area (Å²) < 4.78 is 4.90. The van der Waals surface area contributed by atoms with Gasteiger partial charge in [0.15, 0.2) is 6.26 Å². The maximum absolute atomic E-state index is 4.90. The second-order valence-electron chi connectivity index (χ2n) is 2.96. The molecule has 0 aliphatic heterocycles. The molecule has 1 heterocycles. The summed E-state index contributed by atoms with van der Waals surface area (Å²) >= 11 is 0. The van der Waals surface area contributed by atoms with Gasteiger partial charge in [0.05, 0.1) is 6.26 Å². The van der Waals surface area contributed by atoms with E-state index in [9.17, 15) is 0 Å². The predicted octanol–water partition coefficient (Wildman–Crippen LogP) is 2.74. The van der Waals surface area contributed by atoms with E-state index in [1.54, 1.807) is 6.26 Å². The Morgan fingerprint density at radius 1 is 1.40 bits per heavy atom. The third-order valence-corrected chi connectivity index (χ3v) is 2.29. The quantitative estimate of drug-likeness (QED) is 0.577. The van der Waals surface area contributed by atoms with Gasteiger partial charge in [0, 0.05) is 5.56 Å². The van der Waals surface area contributed by atoms with Gasteiger partial charge in [-0.3, -0.25) is 0 Å². The highest BCUT2D eigenvalue weighted by Crippen LogP contribution is 2.33. The number of furan rings is 1. The lowest BCUT2D eigenvalue weighted by Crippen LogP contribution is -1.87. The summed E-state index contributed by atoms with van der Waals surface area (Å²) in [5.41, 5.74) is 1.28. The first-order valence-corrected chi connectivity index (χ1v) is 3.92. The van der Waals surface area contributed by atoms with Crippen molar-refractivity contribution in [3.05, 3.63) is 24.2 Å². The maximum atomic E-state index is 4.90. The fourth-order valence-electron chi connectivity index (χ4n) is 1.70. The van der Waals surface area contributed by atoms with Crippen molar-refractivity contribution < 1.29 is 4.42 Å². The van der Waals surface area contributed by atoms with Gasteiger partial charge in [-0.15, -0.1) is 0 Å². The van der Waals surface area contributed by atoms with Crippen molar-refractivity contribution >= 4 is 0 Å². The third-order valence-electron chi connectivity index (χ3n) is 2.29. The summed E-state index contributed by atoms with van der Waals surface area (Å²) in [6, 6.07) is 2.04. The van der Waals surface area contributed by atoms with E-state index in [0.717, 1.165) is 5.92 Å². The lowest BCUT2D eigenvalue weighted by Gasteiger charge is -2.01. The van der Waals surface area contributed by atoms with Crippen molar-refractivity contribution in [1.29, 1.82) is 0 Å². The van der Waals surface area contributed by atoms with Crippen LogP contribution < -0.4 is 0 Å². The van der Waals surface area contributed by atoms with E-state index in [-0.39, 0.29) is 0 Å². The molecule has 0 saturated heterocycles. The van der Waals surface area contributed by atoms with Gasteiger partial charge in [-0.1, -0.05) is 12.8 Å². The lowest BCUT2D eigenvalue weighted by molar-refractivity contribution is 0.548. The summed E-state index contributed by atoms with van der Waals surface area (Å²) in [6.07, 6.45) is 10.0. The molecule has 1 nitrogen and oxygen atoms in total. The van der Waals surface area contributed by atoms with Crippen molar-refractivity contribution in [1.82, 2.24) is 0 Å². The van der Waals surface area contributed by atoms with Crippen LogP contribution in [0.4, 0.5) is 0 Å². The Balaban J connectivity index is 2.12. The molecule has 53 valence electrons. The smallest absolute Gasteiger partial charge is 0.172 e. The first-order valence-electron chi connectivity index (χ1n) is 3.92. The molecule has 1 aromatic heterocycles. The van der Waals surface area contributed by atoms with Gasteiger partial charge in [-0.2, -0.15) is 0 Å². The minimum atomic E-state index is 0.749. The molecule has 10 heavy (non-hydrogen) atoms. The number of rotatable bonds is 1. The van der Waals surface area contributed by atoms with E-state index in [1.807, 2.05) is 6.07 Å². The molecule has 1 heteroatoms. The first-order chi connectivity index (χ1) is 4.97. The van der Waals surface area contributed by atoms with Crippen molar-refractivity contribution in [3.8, 4) is 0 Å². The molecule has 0 amide bonds. The van der Waals surface area contributed by atoms with Crippen LogP contribution in [0, 0.1) is 6.26 Å². The Labute approximate surface area is 61.0 Å². The second kappa shape index (κ2) is 2.49. The zero-order chi connectivity index (χ0) is 6.81. The highest BCUT2D eigenvalue weighted by atomic mass is 16.3. The molecule has 0 spiro atoms. The van der Waals surface area contributed by atoms with Gasteiger partial charge in [-0.25, -0.2) is 0 Å². The van der Waals surface area contributed by atoms with Crippen LogP contribution in [0.5, 0.6) is 0 Å². The molecule has 0 aromatic carbocycles. The van der Waals surface area contributed by atoms with Crippen molar-refractivity contribution in [2.45, 2.75) is 31.6 Å². The summed E-state index contributed by atoms with van der Waals surface area (Å²) in [5.74, 6) is 0.749. The Bertz CT molecular complexity index is 183. The molecule has 1 saturated carbocycles. The molecule has 1 aliphatic rings. The van der Waals surface area contributed by atoms with Crippen molar-refractivity contribution in [3.63, 3.8) is 0 Å². The maximum Gasteiger partial charge on any atom is 0.172 e. The molecular weight excluding hydrogens is 124 g/mol. The zero-order valence-corrected chi connectivity index (χ0v) is 5.97. The topological polar surface area (TPSA) is 13.1 Å². The number of hydrogen-bond acceptors (Lipinski definition) is 1. The minimum Gasteiger partial charge on any atom is -0.461 e. The molecular formula is C9H11O. The van der Waals surface area contributed by atoms with Crippen LogP contribution in [0.15, 0.2) is 16.7 Å². The van der Waals surface area contributed by atoms with Crippen molar-refractivity contribution in [2.75, 3.05) is 0 Å². The fourth-order valence-corrected chi connectivity index (χ4v) is 1.70. The van der Waals surface area contributed by atoms with E-state index in [4.69, 9.17) is 4.42 Å². The average molecular weight is 135 g/mol. The van der Waals surface area contributed by atoms with Gasteiger partial charge in [-0.05, 0) is 24.8 Å². The standard InChI is InChI=1S/C9H11O/c1-2-4-8(3-1)9-5-6-10-7-9/h5-6,8H,1-4H2. The lowest BCUT2D eigenvalue weighted by atomic mass is 10.0. The van der Waals surface area contributed by atoms with Gasteiger partial charge >= 0.3 is 0 Å².